The zero-order valence-electron chi connectivity index (χ0n) is 11.6. The maximum atomic E-state index is 5.98. The summed E-state index contributed by atoms with van der Waals surface area (Å²) in [4.78, 5) is 4.46. The van der Waals surface area contributed by atoms with E-state index >= 15 is 0 Å². The van der Waals surface area contributed by atoms with Gasteiger partial charge in [-0.05, 0) is 54.7 Å². The normalized spacial score (nSPS) is 10.5. The van der Waals surface area contributed by atoms with Gasteiger partial charge in [-0.1, -0.05) is 22.9 Å². The molecule has 4 nitrogen and oxygen atoms in total. The van der Waals surface area contributed by atoms with Gasteiger partial charge in [0.05, 0.1) is 17.3 Å². The molecule has 0 spiro atoms. The first-order valence-corrected chi connectivity index (χ1v) is 8.02. The summed E-state index contributed by atoms with van der Waals surface area (Å²) < 4.78 is 6.13. The predicted octanol–water partition coefficient (Wildman–Crippen LogP) is 4.77. The van der Waals surface area contributed by atoms with Crippen LogP contribution in [0, 0.1) is 0 Å². The Morgan fingerprint density at radius 2 is 1.95 bits per heavy atom. The van der Waals surface area contributed by atoms with Crippen LogP contribution in [0.4, 0.5) is 10.8 Å². The molecule has 3 rings (SSSR count). The summed E-state index contributed by atoms with van der Waals surface area (Å²) in [5, 5.41) is 8.09. The molecule has 0 bridgehead atoms. The van der Waals surface area contributed by atoms with Crippen molar-refractivity contribution in [2.75, 3.05) is 17.7 Å². The molecule has 22 heavy (non-hydrogen) atoms. The lowest BCUT2D eigenvalue weighted by molar-refractivity contribution is 0.415. The van der Waals surface area contributed by atoms with Gasteiger partial charge in [-0.2, -0.15) is 0 Å². The van der Waals surface area contributed by atoms with Crippen molar-refractivity contribution in [3.05, 3.63) is 47.5 Å². The average molecular weight is 350 g/mol. The highest BCUT2D eigenvalue weighted by molar-refractivity contribution is 7.80. The van der Waals surface area contributed by atoms with Gasteiger partial charge >= 0.3 is 0 Å². The van der Waals surface area contributed by atoms with Gasteiger partial charge < -0.3 is 15.4 Å². The maximum Gasteiger partial charge on any atom is 0.190 e. The van der Waals surface area contributed by atoms with Gasteiger partial charge in [0.15, 0.2) is 10.2 Å². The van der Waals surface area contributed by atoms with Gasteiger partial charge in [0.25, 0.3) is 0 Å². The Kier molecular flexibility index (Phi) is 4.42. The maximum absolute atomic E-state index is 5.98. The Balaban J connectivity index is 1.69. The molecule has 0 atom stereocenters. The third-order valence-corrected chi connectivity index (χ3v) is 4.29. The van der Waals surface area contributed by atoms with Crippen LogP contribution in [-0.2, 0) is 0 Å². The first kappa shape index (κ1) is 15.0. The third kappa shape index (κ3) is 3.47. The third-order valence-electron chi connectivity index (χ3n) is 2.92. The lowest BCUT2D eigenvalue weighted by Gasteiger charge is -2.08. The van der Waals surface area contributed by atoms with Crippen molar-refractivity contribution in [1.29, 1.82) is 0 Å². The first-order valence-electron chi connectivity index (χ1n) is 6.42. The van der Waals surface area contributed by atoms with Crippen LogP contribution < -0.4 is 15.4 Å². The largest absolute Gasteiger partial charge is 0.497 e. The molecule has 112 valence electrons. The highest BCUT2D eigenvalue weighted by Gasteiger charge is 2.06. The number of thiocarbonyl (C=S) groups is 1. The quantitative estimate of drug-likeness (QED) is 0.667. The molecule has 0 aliphatic heterocycles. The monoisotopic (exact) mass is 349 g/mol. The van der Waals surface area contributed by atoms with E-state index in [1.807, 2.05) is 42.5 Å². The van der Waals surface area contributed by atoms with Crippen LogP contribution in [0.5, 0.6) is 5.75 Å². The van der Waals surface area contributed by atoms with Gasteiger partial charge in [0.1, 0.15) is 5.75 Å². The summed E-state index contributed by atoms with van der Waals surface area (Å²) in [6.07, 6.45) is 0. The fourth-order valence-corrected chi connectivity index (χ4v) is 3.31. The molecule has 0 saturated carbocycles. The summed E-state index contributed by atoms with van der Waals surface area (Å²) in [6, 6.07) is 13.1. The molecule has 2 N–H and O–H groups in total. The molecule has 0 aliphatic rings. The molecule has 0 unspecified atom stereocenters. The molecule has 7 heteroatoms. The second-order valence-corrected chi connectivity index (χ2v) is 6.31. The van der Waals surface area contributed by atoms with Crippen molar-refractivity contribution in [2.24, 2.45) is 0 Å². The number of hydrogen-bond acceptors (Lipinski definition) is 4. The summed E-state index contributed by atoms with van der Waals surface area (Å²) in [5.74, 6) is 0.799. The van der Waals surface area contributed by atoms with Crippen molar-refractivity contribution in [2.45, 2.75) is 0 Å². The minimum absolute atomic E-state index is 0.482. The second kappa shape index (κ2) is 6.48. The van der Waals surface area contributed by atoms with Gasteiger partial charge in [0, 0.05) is 10.7 Å². The fraction of sp³-hybridized carbons (Fsp3) is 0.0667. The lowest BCUT2D eigenvalue weighted by Crippen LogP contribution is -2.18. The molecular formula is C15H12ClN3OS2. The van der Waals surface area contributed by atoms with E-state index in [1.54, 1.807) is 7.11 Å². The van der Waals surface area contributed by atoms with Gasteiger partial charge in [0.2, 0.25) is 0 Å². The molecule has 1 aromatic heterocycles. The summed E-state index contributed by atoms with van der Waals surface area (Å²) in [6.45, 7) is 0. The van der Waals surface area contributed by atoms with E-state index in [4.69, 9.17) is 28.6 Å². The Morgan fingerprint density at radius 1 is 1.18 bits per heavy atom. The standard InChI is InChI=1S/C15H12ClN3OS2/c1-20-11-5-3-10(4-6-11)17-14(21)19-15-18-12-7-2-9(16)8-13(12)22-15/h2-8H,1H3,(H2,17,18,19,21). The summed E-state index contributed by atoms with van der Waals surface area (Å²) in [5.41, 5.74) is 1.77. The topological polar surface area (TPSA) is 46.2 Å². The smallest absolute Gasteiger partial charge is 0.190 e. The van der Waals surface area contributed by atoms with Crippen LogP contribution in [0.2, 0.25) is 5.02 Å². The van der Waals surface area contributed by atoms with E-state index in [2.05, 4.69) is 15.6 Å². The number of ether oxygens (including phenoxy) is 1. The van der Waals surface area contributed by atoms with E-state index in [1.165, 1.54) is 11.3 Å². The second-order valence-electron chi connectivity index (χ2n) is 4.44. The van der Waals surface area contributed by atoms with Crippen LogP contribution in [0.3, 0.4) is 0 Å². The van der Waals surface area contributed by atoms with Crippen molar-refractivity contribution >= 4 is 61.3 Å². The number of anilines is 2. The number of nitrogens with one attached hydrogen (secondary N) is 2. The predicted molar refractivity (Wildman–Crippen MR) is 97.5 cm³/mol. The highest BCUT2D eigenvalue weighted by Crippen LogP contribution is 2.28. The van der Waals surface area contributed by atoms with E-state index in [-0.39, 0.29) is 0 Å². The molecule has 0 fully saturated rings. The minimum Gasteiger partial charge on any atom is -0.497 e. The number of hydrogen-bond donors (Lipinski definition) is 2. The number of nitrogens with zero attached hydrogens (tertiary/aromatic N) is 1. The van der Waals surface area contributed by atoms with Crippen LogP contribution in [0.15, 0.2) is 42.5 Å². The SMILES string of the molecule is COc1ccc(NC(=S)Nc2nc3ccc(Cl)cc3s2)cc1. The van der Waals surface area contributed by atoms with Crippen LogP contribution in [0.25, 0.3) is 10.2 Å². The highest BCUT2D eigenvalue weighted by atomic mass is 35.5. The Hall–Kier alpha value is -1.89. The summed E-state index contributed by atoms with van der Waals surface area (Å²) in [7, 11) is 1.63. The van der Waals surface area contributed by atoms with Crippen LogP contribution >= 0.6 is 35.2 Å². The van der Waals surface area contributed by atoms with Gasteiger partial charge in [-0.15, -0.1) is 0 Å². The van der Waals surface area contributed by atoms with Crippen molar-refractivity contribution in [3.8, 4) is 5.75 Å². The number of halogens is 1. The molecular weight excluding hydrogens is 338 g/mol. The Bertz CT molecular complexity index is 817. The number of aromatic nitrogens is 1. The molecule has 2 aromatic carbocycles. The van der Waals surface area contributed by atoms with Crippen molar-refractivity contribution in [3.63, 3.8) is 0 Å². The Labute approximate surface area is 142 Å². The molecule has 1 heterocycles. The number of rotatable bonds is 3. The van der Waals surface area contributed by atoms with E-state index in [0.717, 1.165) is 26.8 Å². The first-order chi connectivity index (χ1) is 10.6. The minimum atomic E-state index is 0.482. The van der Waals surface area contributed by atoms with Crippen molar-refractivity contribution in [1.82, 2.24) is 4.98 Å². The average Bonchev–Trinajstić information content (AvgIpc) is 2.89. The number of benzene rings is 2. The molecule has 3 aromatic rings. The van der Waals surface area contributed by atoms with E-state index in [0.29, 0.717) is 10.1 Å². The van der Waals surface area contributed by atoms with E-state index < -0.39 is 0 Å². The fourth-order valence-electron chi connectivity index (χ4n) is 1.89. The van der Waals surface area contributed by atoms with Gasteiger partial charge in [-0.25, -0.2) is 4.98 Å². The zero-order chi connectivity index (χ0) is 15.5. The Morgan fingerprint density at radius 3 is 2.68 bits per heavy atom. The van der Waals surface area contributed by atoms with Crippen LogP contribution in [-0.4, -0.2) is 17.2 Å². The lowest BCUT2D eigenvalue weighted by atomic mass is 10.3. The summed E-state index contributed by atoms with van der Waals surface area (Å²) >= 11 is 12.8. The number of thiazole rings is 1. The van der Waals surface area contributed by atoms with E-state index in [9.17, 15) is 0 Å². The zero-order valence-corrected chi connectivity index (χ0v) is 14.0. The van der Waals surface area contributed by atoms with Crippen LogP contribution in [0.1, 0.15) is 0 Å². The van der Waals surface area contributed by atoms with Gasteiger partial charge in [-0.3, -0.25) is 0 Å². The molecule has 0 radical (unpaired) electrons. The number of fused-ring (bicyclic) bond motifs is 1. The molecule has 0 aliphatic carbocycles. The molecule has 0 saturated heterocycles. The van der Waals surface area contributed by atoms with Crippen molar-refractivity contribution < 1.29 is 4.74 Å². The molecule has 0 amide bonds. The number of methoxy groups -OCH3 is 1.